The first-order chi connectivity index (χ1) is 9.44. The lowest BCUT2D eigenvalue weighted by molar-refractivity contribution is 0.344. The van der Waals surface area contributed by atoms with E-state index in [4.69, 9.17) is 10.2 Å². The van der Waals surface area contributed by atoms with E-state index in [1.807, 2.05) is 0 Å². The highest BCUT2D eigenvalue weighted by molar-refractivity contribution is 7.90. The lowest BCUT2D eigenvalue weighted by Gasteiger charge is -2.22. The Labute approximate surface area is 118 Å². The van der Waals surface area contributed by atoms with Crippen molar-refractivity contribution in [3.8, 4) is 0 Å². The van der Waals surface area contributed by atoms with Crippen LogP contribution in [0.25, 0.3) is 11.1 Å². The summed E-state index contributed by atoms with van der Waals surface area (Å²) >= 11 is 0. The van der Waals surface area contributed by atoms with Gasteiger partial charge in [-0.05, 0) is 31.0 Å². The summed E-state index contributed by atoms with van der Waals surface area (Å²) in [7, 11) is -3.23. The van der Waals surface area contributed by atoms with E-state index in [0.717, 1.165) is 25.7 Å². The van der Waals surface area contributed by atoms with E-state index in [0.29, 0.717) is 23.5 Å². The minimum atomic E-state index is -3.23. The van der Waals surface area contributed by atoms with Gasteiger partial charge in [-0.3, -0.25) is 0 Å². The first-order valence-electron chi connectivity index (χ1n) is 6.76. The Morgan fingerprint density at radius 2 is 2.05 bits per heavy atom. The molecule has 6 heteroatoms. The summed E-state index contributed by atoms with van der Waals surface area (Å²) in [4.78, 5) is 4.76. The van der Waals surface area contributed by atoms with Crippen molar-refractivity contribution in [2.45, 2.75) is 36.0 Å². The lowest BCUT2D eigenvalue weighted by atomic mass is 9.86. The van der Waals surface area contributed by atoms with Crippen molar-refractivity contribution < 1.29 is 12.8 Å². The molecule has 2 aromatic rings. The summed E-state index contributed by atoms with van der Waals surface area (Å²) in [6.45, 7) is 0.513. The van der Waals surface area contributed by atoms with E-state index >= 15 is 0 Å². The second kappa shape index (κ2) is 4.56. The molecule has 1 aliphatic carbocycles. The monoisotopic (exact) mass is 294 g/mol. The molecule has 1 aromatic carbocycles. The highest BCUT2D eigenvalue weighted by atomic mass is 32.2. The summed E-state index contributed by atoms with van der Waals surface area (Å²) in [5.41, 5.74) is 6.95. The van der Waals surface area contributed by atoms with Gasteiger partial charge in [0.15, 0.2) is 15.4 Å². The van der Waals surface area contributed by atoms with E-state index in [9.17, 15) is 8.42 Å². The van der Waals surface area contributed by atoms with Gasteiger partial charge in [0.1, 0.15) is 5.52 Å². The fourth-order valence-electron chi connectivity index (χ4n) is 2.92. The van der Waals surface area contributed by atoms with Crippen molar-refractivity contribution >= 4 is 20.9 Å². The Morgan fingerprint density at radius 1 is 1.35 bits per heavy atom. The van der Waals surface area contributed by atoms with Crippen molar-refractivity contribution in [3.05, 3.63) is 24.1 Å². The van der Waals surface area contributed by atoms with Crippen molar-refractivity contribution in [1.29, 1.82) is 0 Å². The van der Waals surface area contributed by atoms with Crippen molar-refractivity contribution in [3.63, 3.8) is 0 Å². The molecular formula is C14H18N2O3S. The molecule has 1 aliphatic rings. The summed E-state index contributed by atoms with van der Waals surface area (Å²) in [6, 6.07) is 4.79. The van der Waals surface area contributed by atoms with Crippen LogP contribution < -0.4 is 5.73 Å². The topological polar surface area (TPSA) is 86.2 Å². The molecule has 1 aromatic heterocycles. The molecule has 0 bridgehead atoms. The number of hydrogen-bond donors (Lipinski definition) is 1. The van der Waals surface area contributed by atoms with Gasteiger partial charge < -0.3 is 10.2 Å². The number of nitrogens with zero attached hydrogens (tertiary/aromatic N) is 1. The van der Waals surface area contributed by atoms with Crippen LogP contribution in [0.5, 0.6) is 0 Å². The molecule has 1 saturated carbocycles. The average Bonchev–Trinajstić information content (AvgIpc) is 3.04. The molecule has 0 radical (unpaired) electrons. The van der Waals surface area contributed by atoms with Gasteiger partial charge in [0.25, 0.3) is 0 Å². The number of fused-ring (bicyclic) bond motifs is 1. The van der Waals surface area contributed by atoms with Gasteiger partial charge in [0.05, 0.1) is 10.3 Å². The zero-order valence-corrected chi connectivity index (χ0v) is 12.2. The maximum absolute atomic E-state index is 11.6. The van der Waals surface area contributed by atoms with Crippen LogP contribution in [-0.4, -0.2) is 26.2 Å². The molecule has 2 N–H and O–H groups in total. The van der Waals surface area contributed by atoms with Gasteiger partial charge in [-0.25, -0.2) is 13.4 Å². The third-order valence-electron chi connectivity index (χ3n) is 4.19. The van der Waals surface area contributed by atoms with Crippen molar-refractivity contribution in [2.75, 3.05) is 12.8 Å². The van der Waals surface area contributed by atoms with Gasteiger partial charge in [-0.15, -0.1) is 0 Å². The van der Waals surface area contributed by atoms with E-state index in [-0.39, 0.29) is 10.3 Å². The van der Waals surface area contributed by atoms with Crippen molar-refractivity contribution in [2.24, 2.45) is 5.73 Å². The largest absolute Gasteiger partial charge is 0.440 e. The summed E-state index contributed by atoms with van der Waals surface area (Å²) < 4.78 is 29.0. The van der Waals surface area contributed by atoms with Crippen LogP contribution in [0.2, 0.25) is 0 Å². The van der Waals surface area contributed by atoms with Gasteiger partial charge in [-0.2, -0.15) is 0 Å². The Hall–Kier alpha value is -1.40. The SMILES string of the molecule is CS(=O)(=O)c1ccc2oc(C3(CN)CCCC3)nc2c1. The second-order valence-electron chi connectivity index (χ2n) is 5.61. The van der Waals surface area contributed by atoms with E-state index in [2.05, 4.69) is 4.98 Å². The molecule has 5 nitrogen and oxygen atoms in total. The first kappa shape index (κ1) is 13.6. The molecule has 3 rings (SSSR count). The normalized spacial score (nSPS) is 18.7. The third-order valence-corrected chi connectivity index (χ3v) is 5.30. The molecule has 0 aliphatic heterocycles. The molecular weight excluding hydrogens is 276 g/mol. The highest BCUT2D eigenvalue weighted by Gasteiger charge is 2.39. The molecule has 0 saturated heterocycles. The maximum Gasteiger partial charge on any atom is 0.202 e. The van der Waals surface area contributed by atoms with Gasteiger partial charge in [0.2, 0.25) is 5.89 Å². The minimum absolute atomic E-state index is 0.176. The Kier molecular flexibility index (Phi) is 3.10. The molecule has 108 valence electrons. The molecule has 0 unspecified atom stereocenters. The van der Waals surface area contributed by atoms with Crippen LogP contribution in [-0.2, 0) is 15.3 Å². The quantitative estimate of drug-likeness (QED) is 0.935. The fraction of sp³-hybridized carbons (Fsp3) is 0.500. The number of rotatable bonds is 3. The van der Waals surface area contributed by atoms with E-state index < -0.39 is 9.84 Å². The predicted octanol–water partition coefficient (Wildman–Crippen LogP) is 2.00. The molecule has 0 amide bonds. The van der Waals surface area contributed by atoms with Crippen molar-refractivity contribution in [1.82, 2.24) is 4.98 Å². The van der Waals surface area contributed by atoms with Crippen LogP contribution in [0.15, 0.2) is 27.5 Å². The fourth-order valence-corrected chi connectivity index (χ4v) is 3.56. The predicted molar refractivity (Wildman–Crippen MR) is 76.3 cm³/mol. The molecule has 1 heterocycles. The molecule has 0 atom stereocenters. The van der Waals surface area contributed by atoms with Gasteiger partial charge >= 0.3 is 0 Å². The number of sulfone groups is 1. The average molecular weight is 294 g/mol. The lowest BCUT2D eigenvalue weighted by Crippen LogP contribution is -2.32. The van der Waals surface area contributed by atoms with Crippen LogP contribution in [0, 0.1) is 0 Å². The molecule has 20 heavy (non-hydrogen) atoms. The molecule has 1 fully saturated rings. The van der Waals surface area contributed by atoms with E-state index in [1.54, 1.807) is 18.2 Å². The van der Waals surface area contributed by atoms with Crippen LogP contribution in [0.1, 0.15) is 31.6 Å². The standard InChI is InChI=1S/C14H18N2O3S/c1-20(17,18)10-4-5-12-11(8-10)16-13(19-12)14(9-15)6-2-3-7-14/h4-5,8H,2-3,6-7,9,15H2,1H3. The summed E-state index contributed by atoms with van der Waals surface area (Å²) in [5.74, 6) is 0.651. The second-order valence-corrected chi connectivity index (χ2v) is 7.63. The molecule has 0 spiro atoms. The Bertz CT molecular complexity index is 743. The number of benzene rings is 1. The van der Waals surface area contributed by atoms with E-state index in [1.165, 1.54) is 6.26 Å². The number of nitrogens with two attached hydrogens (primary N) is 1. The van der Waals surface area contributed by atoms with Gasteiger partial charge in [0, 0.05) is 12.8 Å². The highest BCUT2D eigenvalue weighted by Crippen LogP contribution is 2.40. The Morgan fingerprint density at radius 3 is 2.65 bits per heavy atom. The smallest absolute Gasteiger partial charge is 0.202 e. The van der Waals surface area contributed by atoms with Gasteiger partial charge in [-0.1, -0.05) is 12.8 Å². The minimum Gasteiger partial charge on any atom is -0.440 e. The Balaban J connectivity index is 2.11. The number of oxazole rings is 1. The van der Waals surface area contributed by atoms with Crippen LogP contribution in [0.3, 0.4) is 0 Å². The van der Waals surface area contributed by atoms with Crippen LogP contribution in [0.4, 0.5) is 0 Å². The zero-order chi connectivity index (χ0) is 14.4. The zero-order valence-electron chi connectivity index (χ0n) is 11.4. The number of aromatic nitrogens is 1. The third kappa shape index (κ3) is 2.13. The first-order valence-corrected chi connectivity index (χ1v) is 8.65. The number of hydrogen-bond acceptors (Lipinski definition) is 5. The van der Waals surface area contributed by atoms with Crippen LogP contribution >= 0.6 is 0 Å². The maximum atomic E-state index is 11.6. The summed E-state index contributed by atoms with van der Waals surface area (Å²) in [5, 5.41) is 0. The summed E-state index contributed by atoms with van der Waals surface area (Å²) in [6.07, 6.45) is 5.41.